The molecule has 2 saturated heterocycles. The third-order valence-corrected chi connectivity index (χ3v) is 9.19. The van der Waals surface area contributed by atoms with E-state index in [0.29, 0.717) is 29.1 Å². The topological polar surface area (TPSA) is 118 Å². The smallest absolute Gasteiger partial charge is 0.248 e. The Morgan fingerprint density at radius 2 is 1.98 bits per heavy atom. The van der Waals surface area contributed by atoms with Gasteiger partial charge in [0, 0.05) is 40.7 Å². The molecular formula is C32H33ClFN5O4. The highest BCUT2D eigenvalue weighted by atomic mass is 35.5. The van der Waals surface area contributed by atoms with Crippen LogP contribution in [0.5, 0.6) is 5.75 Å². The van der Waals surface area contributed by atoms with Crippen molar-refractivity contribution in [3.05, 3.63) is 81.9 Å². The Morgan fingerprint density at radius 1 is 1.23 bits per heavy atom. The standard InChI is InChI=1S/C32H33ClFN5O4/c1-16-11-21-19(14-36-16)32(30(42)37-21)24(13-31(2,3)4)39-15-38(22-10-9-17(28(35)40)12-23(22)43-5)29(41)27(39)25(32)18-7-6-8-20(33)26(18)34/h6-12,14,24-25,27H,13,15H2,1-5H3,(H2,35,40)(H,37,42)/t24-,25-,27+,32+/m0/s1. The van der Waals surface area contributed by atoms with E-state index >= 15 is 4.39 Å². The number of nitrogens with two attached hydrogens (primary N) is 1. The quantitative estimate of drug-likeness (QED) is 0.433. The number of primary amides is 1. The molecule has 2 aromatic carbocycles. The maximum absolute atomic E-state index is 16.1. The van der Waals surface area contributed by atoms with Gasteiger partial charge in [0.15, 0.2) is 0 Å². The van der Waals surface area contributed by atoms with E-state index in [4.69, 9.17) is 22.1 Å². The second-order valence-corrected chi connectivity index (χ2v) is 13.1. The second kappa shape index (κ2) is 10.0. The van der Waals surface area contributed by atoms with Crippen molar-refractivity contribution in [3.63, 3.8) is 0 Å². The van der Waals surface area contributed by atoms with Crippen molar-refractivity contribution in [1.82, 2.24) is 9.88 Å². The average Bonchev–Trinajstić information content (AvgIpc) is 3.52. The Hall–Kier alpha value is -4.02. The molecule has 0 bridgehead atoms. The molecule has 2 fully saturated rings. The molecule has 1 spiro atoms. The zero-order valence-corrected chi connectivity index (χ0v) is 25.3. The van der Waals surface area contributed by atoms with E-state index in [1.807, 2.05) is 17.9 Å². The first-order chi connectivity index (χ1) is 20.3. The number of hydrogen-bond donors (Lipinski definition) is 2. The van der Waals surface area contributed by atoms with Gasteiger partial charge < -0.3 is 15.8 Å². The minimum absolute atomic E-state index is 0.0925. The van der Waals surface area contributed by atoms with Gasteiger partial charge in [0.1, 0.15) is 17.0 Å². The van der Waals surface area contributed by atoms with E-state index in [2.05, 4.69) is 31.1 Å². The number of halogens is 2. The minimum atomic E-state index is -1.33. The normalized spacial score (nSPS) is 24.8. The predicted molar refractivity (Wildman–Crippen MR) is 161 cm³/mol. The highest BCUT2D eigenvalue weighted by Gasteiger charge is 2.71. The molecule has 224 valence electrons. The molecule has 4 heterocycles. The molecule has 0 saturated carbocycles. The fourth-order valence-corrected chi connectivity index (χ4v) is 7.41. The number of aryl methyl sites for hydroxylation is 1. The third kappa shape index (κ3) is 4.30. The number of methoxy groups -OCH3 is 1. The number of fused-ring (bicyclic) bond motifs is 3. The number of ether oxygens (including phenoxy) is 1. The summed E-state index contributed by atoms with van der Waals surface area (Å²) >= 11 is 6.32. The Balaban J connectivity index is 1.60. The number of hydrogen-bond acceptors (Lipinski definition) is 6. The Morgan fingerprint density at radius 3 is 2.65 bits per heavy atom. The van der Waals surface area contributed by atoms with Gasteiger partial charge in [-0.25, -0.2) is 4.39 Å². The number of pyridine rings is 1. The molecule has 3 aromatic rings. The van der Waals surface area contributed by atoms with Crippen molar-refractivity contribution in [2.45, 2.75) is 57.5 Å². The lowest BCUT2D eigenvalue weighted by Crippen LogP contribution is -2.52. The number of benzene rings is 2. The number of nitrogens with zero attached hydrogens (tertiary/aromatic N) is 3. The first-order valence-corrected chi connectivity index (χ1v) is 14.4. The van der Waals surface area contributed by atoms with Crippen LogP contribution in [-0.4, -0.2) is 53.5 Å². The van der Waals surface area contributed by atoms with Crippen LogP contribution in [0.1, 0.15) is 60.3 Å². The molecule has 9 nitrogen and oxygen atoms in total. The van der Waals surface area contributed by atoms with E-state index in [1.54, 1.807) is 29.3 Å². The molecule has 3 N–H and O–H groups in total. The summed E-state index contributed by atoms with van der Waals surface area (Å²) in [6.45, 7) is 8.17. The summed E-state index contributed by atoms with van der Waals surface area (Å²) in [6, 6.07) is 9.72. The van der Waals surface area contributed by atoms with Gasteiger partial charge in [-0.3, -0.25) is 29.2 Å². The largest absolute Gasteiger partial charge is 0.495 e. The van der Waals surface area contributed by atoms with Gasteiger partial charge >= 0.3 is 0 Å². The molecule has 3 amide bonds. The van der Waals surface area contributed by atoms with Gasteiger partial charge in [-0.1, -0.05) is 44.5 Å². The van der Waals surface area contributed by atoms with Crippen LogP contribution in [0, 0.1) is 18.2 Å². The summed E-state index contributed by atoms with van der Waals surface area (Å²) in [5.74, 6) is -2.56. The first kappa shape index (κ1) is 29.1. The number of anilines is 2. The molecule has 3 aliphatic rings. The molecule has 3 aliphatic heterocycles. The SMILES string of the molecule is COc1cc(C(N)=O)ccc1N1CN2[C@@H](CC(C)(C)C)[C@@]3(C(=O)Nc4cc(C)ncc43)[C@@H](c3cccc(Cl)c3F)[C@@H]2C1=O. The maximum Gasteiger partial charge on any atom is 0.248 e. The van der Waals surface area contributed by atoms with Gasteiger partial charge in [0.25, 0.3) is 0 Å². The van der Waals surface area contributed by atoms with Crippen molar-refractivity contribution in [3.8, 4) is 5.75 Å². The van der Waals surface area contributed by atoms with E-state index in [0.717, 1.165) is 5.69 Å². The summed E-state index contributed by atoms with van der Waals surface area (Å²) in [6.07, 6.45) is 2.20. The predicted octanol–water partition coefficient (Wildman–Crippen LogP) is 4.76. The van der Waals surface area contributed by atoms with Gasteiger partial charge in [-0.15, -0.1) is 0 Å². The van der Waals surface area contributed by atoms with E-state index in [9.17, 15) is 14.4 Å². The summed E-state index contributed by atoms with van der Waals surface area (Å²) in [4.78, 5) is 49.0. The zero-order valence-electron chi connectivity index (χ0n) is 24.6. The van der Waals surface area contributed by atoms with Gasteiger partial charge in [0.05, 0.1) is 30.5 Å². The van der Waals surface area contributed by atoms with E-state index in [-0.39, 0.29) is 40.0 Å². The number of amides is 3. The van der Waals surface area contributed by atoms with Gasteiger partial charge in [-0.05, 0) is 54.7 Å². The highest BCUT2D eigenvalue weighted by Crippen LogP contribution is 2.61. The summed E-state index contributed by atoms with van der Waals surface area (Å²) < 4.78 is 21.6. The van der Waals surface area contributed by atoms with Crippen LogP contribution in [0.3, 0.4) is 0 Å². The molecule has 0 unspecified atom stereocenters. The molecule has 0 aliphatic carbocycles. The molecule has 11 heteroatoms. The number of carbonyl (C=O) groups excluding carboxylic acids is 3. The van der Waals surface area contributed by atoms with Crippen molar-refractivity contribution in [1.29, 1.82) is 0 Å². The van der Waals surface area contributed by atoms with Crippen molar-refractivity contribution in [2.75, 3.05) is 24.0 Å². The van der Waals surface area contributed by atoms with Crippen LogP contribution >= 0.6 is 11.6 Å². The summed E-state index contributed by atoms with van der Waals surface area (Å²) in [7, 11) is 1.45. The second-order valence-electron chi connectivity index (χ2n) is 12.7. The lowest BCUT2D eigenvalue weighted by Gasteiger charge is -2.40. The highest BCUT2D eigenvalue weighted by molar-refractivity contribution is 6.30. The Labute approximate surface area is 254 Å². The molecule has 6 rings (SSSR count). The van der Waals surface area contributed by atoms with Crippen LogP contribution in [0.25, 0.3) is 0 Å². The zero-order chi connectivity index (χ0) is 31.0. The lowest BCUT2D eigenvalue weighted by atomic mass is 9.62. The Bertz CT molecular complexity index is 1690. The van der Waals surface area contributed by atoms with Gasteiger partial charge in [0.2, 0.25) is 17.7 Å². The third-order valence-electron chi connectivity index (χ3n) is 8.90. The molecular weight excluding hydrogens is 573 g/mol. The summed E-state index contributed by atoms with van der Waals surface area (Å²) in [5.41, 5.74) is 6.71. The van der Waals surface area contributed by atoms with E-state index < -0.39 is 35.1 Å². The monoisotopic (exact) mass is 605 g/mol. The van der Waals surface area contributed by atoms with Crippen LogP contribution in [0.4, 0.5) is 15.8 Å². The number of rotatable bonds is 5. The number of carbonyl (C=O) groups is 3. The van der Waals surface area contributed by atoms with Crippen molar-refractivity contribution < 1.29 is 23.5 Å². The Kier molecular flexibility index (Phi) is 6.78. The maximum atomic E-state index is 16.1. The van der Waals surface area contributed by atoms with Crippen LogP contribution < -0.4 is 20.7 Å². The molecule has 4 atom stereocenters. The summed E-state index contributed by atoms with van der Waals surface area (Å²) in [5, 5.41) is 2.96. The molecule has 0 radical (unpaired) electrons. The number of nitrogens with one attached hydrogen (secondary N) is 1. The van der Waals surface area contributed by atoms with Crippen molar-refractivity contribution in [2.24, 2.45) is 11.1 Å². The lowest BCUT2D eigenvalue weighted by molar-refractivity contribution is -0.122. The molecule has 1 aromatic heterocycles. The van der Waals surface area contributed by atoms with Crippen LogP contribution in [0.15, 0.2) is 48.7 Å². The van der Waals surface area contributed by atoms with Gasteiger partial charge in [-0.2, -0.15) is 0 Å². The fourth-order valence-electron chi connectivity index (χ4n) is 7.23. The average molecular weight is 606 g/mol. The first-order valence-electron chi connectivity index (χ1n) is 14.1. The van der Waals surface area contributed by atoms with Crippen molar-refractivity contribution >= 4 is 40.7 Å². The fraction of sp³-hybridized carbons (Fsp3) is 0.375. The van der Waals surface area contributed by atoms with E-state index in [1.165, 1.54) is 25.3 Å². The van der Waals surface area contributed by atoms with Crippen LogP contribution in [0.2, 0.25) is 5.02 Å². The molecule has 43 heavy (non-hydrogen) atoms. The minimum Gasteiger partial charge on any atom is -0.495 e. The number of aromatic nitrogens is 1. The van der Waals surface area contributed by atoms with Crippen LogP contribution in [-0.2, 0) is 15.0 Å².